The number of carbonyl (C=O) groups excluding carboxylic acids is 1. The fraction of sp³-hybridized carbons (Fsp3) is 0.857. The molecule has 3 N–H and O–H groups in total. The Labute approximate surface area is 124 Å². The summed E-state index contributed by atoms with van der Waals surface area (Å²) in [7, 11) is 2.06. The van der Waals surface area contributed by atoms with E-state index in [-0.39, 0.29) is 18.0 Å². The van der Waals surface area contributed by atoms with E-state index in [2.05, 4.69) is 22.7 Å². The second-order valence-electron chi connectivity index (χ2n) is 6.60. The number of piperazine rings is 1. The van der Waals surface area contributed by atoms with Gasteiger partial charge >= 0.3 is 12.0 Å². The van der Waals surface area contributed by atoms with Crippen LogP contribution in [0.5, 0.6) is 0 Å². The molecule has 0 aromatic rings. The second kappa shape index (κ2) is 5.81. The predicted molar refractivity (Wildman–Crippen MR) is 76.5 cm³/mol. The minimum atomic E-state index is -0.771. The van der Waals surface area contributed by atoms with Crippen LogP contribution in [-0.2, 0) is 4.79 Å². The first-order valence-corrected chi connectivity index (χ1v) is 7.78. The molecule has 4 unspecified atom stereocenters. The number of fused-ring (bicyclic) bond motifs is 2. The van der Waals surface area contributed by atoms with Crippen molar-refractivity contribution in [3.63, 3.8) is 0 Å². The van der Waals surface area contributed by atoms with Crippen LogP contribution >= 0.6 is 0 Å². The molecule has 4 atom stereocenters. The van der Waals surface area contributed by atoms with Gasteiger partial charge in [-0.1, -0.05) is 0 Å². The number of hydrogen-bond donors (Lipinski definition) is 3. The molecule has 0 aromatic carbocycles. The summed E-state index contributed by atoms with van der Waals surface area (Å²) in [6.45, 7) is 3.43. The van der Waals surface area contributed by atoms with Gasteiger partial charge in [0.15, 0.2) is 0 Å². The normalized spacial score (nSPS) is 36.6. The summed E-state index contributed by atoms with van der Waals surface area (Å²) in [5.41, 5.74) is 2.85. The van der Waals surface area contributed by atoms with E-state index < -0.39 is 11.9 Å². The van der Waals surface area contributed by atoms with E-state index in [0.29, 0.717) is 5.92 Å². The highest BCUT2D eigenvalue weighted by Crippen LogP contribution is 2.48. The van der Waals surface area contributed by atoms with Gasteiger partial charge in [0.05, 0.1) is 5.92 Å². The first-order valence-electron chi connectivity index (χ1n) is 7.78. The SMILES string of the molecule is CN1CCN(NC(=O)NC2C3CCC(C3)C2C(=O)O)CC1. The maximum atomic E-state index is 12.1. The van der Waals surface area contributed by atoms with Crippen LogP contribution in [0.3, 0.4) is 0 Å². The zero-order valence-electron chi connectivity index (χ0n) is 12.4. The first kappa shape index (κ1) is 14.6. The Morgan fingerprint density at radius 1 is 1.10 bits per heavy atom. The summed E-state index contributed by atoms with van der Waals surface area (Å²) in [5.74, 6) is -0.620. The molecule has 0 aromatic heterocycles. The van der Waals surface area contributed by atoms with Crippen LogP contribution in [0.25, 0.3) is 0 Å². The molecule has 0 spiro atoms. The average molecular weight is 296 g/mol. The molecule has 0 radical (unpaired) electrons. The minimum Gasteiger partial charge on any atom is -0.481 e. The van der Waals surface area contributed by atoms with Crippen LogP contribution in [0.4, 0.5) is 4.79 Å². The Hall–Kier alpha value is -1.34. The van der Waals surface area contributed by atoms with Gasteiger partial charge in [0.2, 0.25) is 0 Å². The largest absolute Gasteiger partial charge is 0.481 e. The number of urea groups is 1. The van der Waals surface area contributed by atoms with Crippen molar-refractivity contribution in [2.45, 2.75) is 25.3 Å². The number of hydrogen-bond acceptors (Lipinski definition) is 4. The molecule has 1 aliphatic heterocycles. The molecule has 3 rings (SSSR count). The van der Waals surface area contributed by atoms with Crippen molar-refractivity contribution in [1.29, 1.82) is 0 Å². The van der Waals surface area contributed by atoms with Crippen molar-refractivity contribution >= 4 is 12.0 Å². The molecule has 1 heterocycles. The lowest BCUT2D eigenvalue weighted by Crippen LogP contribution is -2.57. The summed E-state index contributed by atoms with van der Waals surface area (Å²) in [6.07, 6.45) is 2.96. The number of carboxylic acids is 1. The number of carbonyl (C=O) groups is 2. The number of nitrogens with zero attached hydrogens (tertiary/aromatic N) is 2. The lowest BCUT2D eigenvalue weighted by Gasteiger charge is -2.34. The van der Waals surface area contributed by atoms with Gasteiger partial charge < -0.3 is 15.3 Å². The zero-order chi connectivity index (χ0) is 15.0. The van der Waals surface area contributed by atoms with Gasteiger partial charge in [0.1, 0.15) is 0 Å². The second-order valence-corrected chi connectivity index (χ2v) is 6.60. The fourth-order valence-corrected chi connectivity index (χ4v) is 4.10. The predicted octanol–water partition coefficient (Wildman–Crippen LogP) is -0.0527. The van der Waals surface area contributed by atoms with E-state index in [1.165, 1.54) is 0 Å². The van der Waals surface area contributed by atoms with Crippen LogP contribution in [0.2, 0.25) is 0 Å². The van der Waals surface area contributed by atoms with Crippen LogP contribution in [0.1, 0.15) is 19.3 Å². The quantitative estimate of drug-likeness (QED) is 0.680. The van der Waals surface area contributed by atoms with Crippen LogP contribution < -0.4 is 10.7 Å². The summed E-state index contributed by atoms with van der Waals surface area (Å²) < 4.78 is 0. The Balaban J connectivity index is 1.53. The van der Waals surface area contributed by atoms with E-state index >= 15 is 0 Å². The molecule has 7 heteroatoms. The van der Waals surface area contributed by atoms with Gasteiger partial charge in [0.25, 0.3) is 0 Å². The Morgan fingerprint density at radius 2 is 1.76 bits per heavy atom. The number of nitrogens with one attached hydrogen (secondary N) is 2. The summed E-state index contributed by atoms with van der Waals surface area (Å²) >= 11 is 0. The number of rotatable bonds is 3. The van der Waals surface area contributed by atoms with Gasteiger partial charge in [0, 0.05) is 32.2 Å². The molecule has 3 aliphatic rings. The summed E-state index contributed by atoms with van der Waals surface area (Å²) in [5, 5.41) is 14.2. The number of amides is 2. The van der Waals surface area contributed by atoms with Crippen LogP contribution in [0.15, 0.2) is 0 Å². The molecule has 2 saturated carbocycles. The Bertz CT molecular complexity index is 422. The highest BCUT2D eigenvalue weighted by Gasteiger charge is 2.51. The van der Waals surface area contributed by atoms with Gasteiger partial charge in [-0.25, -0.2) is 9.80 Å². The number of aliphatic carboxylic acids is 1. The molecule has 2 aliphatic carbocycles. The average Bonchev–Trinajstić information content (AvgIpc) is 3.02. The van der Waals surface area contributed by atoms with Gasteiger partial charge in [-0.3, -0.25) is 10.2 Å². The molecule has 2 bridgehead atoms. The topological polar surface area (TPSA) is 84.9 Å². The summed E-state index contributed by atoms with van der Waals surface area (Å²) in [4.78, 5) is 25.8. The van der Waals surface area contributed by atoms with Crippen molar-refractivity contribution in [3.8, 4) is 0 Å². The standard InChI is InChI=1S/C14H24N4O3/c1-17-4-6-18(7-5-17)16-14(21)15-12-10-3-2-9(8-10)11(12)13(19)20/h9-12H,2-8H2,1H3,(H,19,20)(H2,15,16,21). The molecule has 7 nitrogen and oxygen atoms in total. The Morgan fingerprint density at radius 3 is 2.43 bits per heavy atom. The lowest BCUT2D eigenvalue weighted by atomic mass is 9.84. The molecule has 118 valence electrons. The van der Waals surface area contributed by atoms with E-state index in [0.717, 1.165) is 45.4 Å². The third-order valence-corrected chi connectivity index (χ3v) is 5.26. The van der Waals surface area contributed by atoms with E-state index in [1.807, 2.05) is 5.01 Å². The molecule has 21 heavy (non-hydrogen) atoms. The highest BCUT2D eigenvalue weighted by atomic mass is 16.4. The maximum absolute atomic E-state index is 12.1. The number of hydrazine groups is 1. The van der Waals surface area contributed by atoms with E-state index in [9.17, 15) is 14.7 Å². The summed E-state index contributed by atoms with van der Waals surface area (Å²) in [6, 6.07) is -0.475. The van der Waals surface area contributed by atoms with Crippen molar-refractivity contribution in [1.82, 2.24) is 20.7 Å². The smallest absolute Gasteiger partial charge is 0.329 e. The molecule has 3 fully saturated rings. The Kier molecular flexibility index (Phi) is 4.03. The third kappa shape index (κ3) is 2.98. The van der Waals surface area contributed by atoms with Gasteiger partial charge in [-0.05, 0) is 38.1 Å². The monoisotopic (exact) mass is 296 g/mol. The zero-order valence-corrected chi connectivity index (χ0v) is 12.4. The maximum Gasteiger partial charge on any atom is 0.329 e. The number of likely N-dealkylation sites (N-methyl/N-ethyl adjacent to an activating group) is 1. The lowest BCUT2D eigenvalue weighted by molar-refractivity contribution is -0.144. The molecule has 1 saturated heterocycles. The van der Waals surface area contributed by atoms with Crippen molar-refractivity contribution in [2.24, 2.45) is 17.8 Å². The van der Waals surface area contributed by atoms with Gasteiger partial charge in [-0.2, -0.15) is 0 Å². The van der Waals surface area contributed by atoms with Crippen molar-refractivity contribution < 1.29 is 14.7 Å². The van der Waals surface area contributed by atoms with E-state index in [4.69, 9.17) is 0 Å². The molecular weight excluding hydrogens is 272 g/mol. The van der Waals surface area contributed by atoms with E-state index in [1.54, 1.807) is 0 Å². The molecular formula is C14H24N4O3. The van der Waals surface area contributed by atoms with Gasteiger partial charge in [-0.15, -0.1) is 0 Å². The minimum absolute atomic E-state index is 0.214. The third-order valence-electron chi connectivity index (χ3n) is 5.26. The number of carboxylic acid groups (broad SMARTS) is 1. The van der Waals surface area contributed by atoms with Crippen LogP contribution in [-0.4, -0.2) is 66.3 Å². The highest BCUT2D eigenvalue weighted by molar-refractivity contribution is 5.77. The van der Waals surface area contributed by atoms with Crippen LogP contribution in [0, 0.1) is 17.8 Å². The van der Waals surface area contributed by atoms with Crippen molar-refractivity contribution in [2.75, 3.05) is 33.2 Å². The molecule has 2 amide bonds. The first-order chi connectivity index (χ1) is 10.0. The van der Waals surface area contributed by atoms with Crippen molar-refractivity contribution in [3.05, 3.63) is 0 Å². The fourth-order valence-electron chi connectivity index (χ4n) is 4.10.